The van der Waals surface area contributed by atoms with Gasteiger partial charge in [0.2, 0.25) is 0 Å². The maximum Gasteiger partial charge on any atom is 0.193 e. The van der Waals surface area contributed by atoms with Crippen molar-refractivity contribution >= 4 is 61.0 Å². The lowest BCUT2D eigenvalue weighted by molar-refractivity contribution is -0.121. The van der Waals surface area contributed by atoms with Gasteiger partial charge in [0.15, 0.2) is 11.6 Å². The van der Waals surface area contributed by atoms with Crippen LogP contribution in [0.2, 0.25) is 0 Å². The molecule has 0 aliphatic carbocycles. The van der Waals surface area contributed by atoms with E-state index < -0.39 is 0 Å². The molecule has 0 saturated heterocycles. The lowest BCUT2D eigenvalue weighted by Gasteiger charge is -2.18. The van der Waals surface area contributed by atoms with Crippen LogP contribution in [0.5, 0.6) is 0 Å². The molecule has 2 unspecified atom stereocenters. The van der Waals surface area contributed by atoms with E-state index in [1.165, 1.54) is 0 Å². The van der Waals surface area contributed by atoms with Crippen LogP contribution in [-0.2, 0) is 17.9 Å². The molecule has 8 aromatic rings. The Hall–Kier alpha value is -6.07. The van der Waals surface area contributed by atoms with E-state index in [0.717, 1.165) is 67.8 Å². The zero-order valence-electron chi connectivity index (χ0n) is 29.9. The highest BCUT2D eigenvalue weighted by Gasteiger charge is 2.25. The molecule has 6 aromatic carbocycles. The van der Waals surface area contributed by atoms with Gasteiger partial charge in [-0.2, -0.15) is 0 Å². The Morgan fingerprint density at radius 3 is 1.15 bits per heavy atom. The molecule has 5 heteroatoms. The number of carbonyl (C=O) groups is 3. The number of fused-ring (bicyclic) bond motifs is 6. The Morgan fingerprint density at radius 1 is 0.442 bits per heavy atom. The third-order valence-electron chi connectivity index (χ3n) is 10.9. The van der Waals surface area contributed by atoms with Crippen LogP contribution in [0.25, 0.3) is 43.6 Å². The maximum absolute atomic E-state index is 14.3. The van der Waals surface area contributed by atoms with Crippen molar-refractivity contribution in [3.8, 4) is 0 Å². The molecule has 8 rings (SSSR count). The molecule has 256 valence electrons. The lowest BCUT2D eigenvalue weighted by Crippen LogP contribution is -2.16. The van der Waals surface area contributed by atoms with Gasteiger partial charge in [-0.05, 0) is 85.6 Å². The van der Waals surface area contributed by atoms with E-state index in [0.29, 0.717) is 22.3 Å². The second kappa shape index (κ2) is 13.2. The van der Waals surface area contributed by atoms with Crippen molar-refractivity contribution in [3.63, 3.8) is 0 Å². The second-order valence-electron chi connectivity index (χ2n) is 13.7. The first kappa shape index (κ1) is 33.1. The predicted octanol–water partition coefficient (Wildman–Crippen LogP) is 10.9. The van der Waals surface area contributed by atoms with E-state index in [4.69, 9.17) is 0 Å². The minimum atomic E-state index is -0.351. The number of aromatic nitrogens is 2. The first-order chi connectivity index (χ1) is 25.3. The molecule has 0 N–H and O–H groups in total. The van der Waals surface area contributed by atoms with Gasteiger partial charge in [-0.15, -0.1) is 0 Å². The maximum atomic E-state index is 14.3. The standard InChI is InChI=1S/C47H40N2O3/c1-5-48-41-21-17-33(25-37(41)39-27-35(19-23-43(39)48)46(51)31-13-9-7-10-14-31)29(3)45(50)30(4)34-18-22-42-38(26-34)40-28-36(20-24-44(40)49(42)6-2)47(52)32-15-11-8-12-16-32/h7-30H,5-6H2,1-4H3. The summed E-state index contributed by atoms with van der Waals surface area (Å²) in [5, 5.41) is 4.10. The monoisotopic (exact) mass is 680 g/mol. The largest absolute Gasteiger partial charge is 0.341 e. The van der Waals surface area contributed by atoms with Gasteiger partial charge < -0.3 is 9.13 Å². The Balaban J connectivity index is 1.14. The van der Waals surface area contributed by atoms with E-state index in [9.17, 15) is 14.4 Å². The summed E-state index contributed by atoms with van der Waals surface area (Å²) < 4.78 is 4.53. The topological polar surface area (TPSA) is 61.1 Å². The molecule has 5 nitrogen and oxygen atoms in total. The average Bonchev–Trinajstić information content (AvgIpc) is 3.70. The van der Waals surface area contributed by atoms with Gasteiger partial charge in [0, 0.05) is 90.8 Å². The lowest BCUT2D eigenvalue weighted by atomic mass is 9.85. The zero-order valence-corrected chi connectivity index (χ0v) is 29.9. The number of aryl methyl sites for hydroxylation is 2. The van der Waals surface area contributed by atoms with Crippen LogP contribution in [0.15, 0.2) is 133 Å². The molecular formula is C47H40N2O3. The van der Waals surface area contributed by atoms with E-state index in [2.05, 4.69) is 59.4 Å². The third kappa shape index (κ3) is 5.45. The van der Waals surface area contributed by atoms with Crippen molar-refractivity contribution < 1.29 is 14.4 Å². The first-order valence-electron chi connectivity index (χ1n) is 18.1. The summed E-state index contributed by atoms with van der Waals surface area (Å²) in [6, 6.07) is 43.3. The fourth-order valence-corrected chi connectivity index (χ4v) is 7.96. The minimum absolute atomic E-state index is 0.00790. The Labute approximate surface area is 303 Å². The number of benzene rings is 6. The summed E-state index contributed by atoms with van der Waals surface area (Å²) in [5.74, 6) is -0.581. The molecule has 0 amide bonds. The van der Waals surface area contributed by atoms with Gasteiger partial charge in [0.05, 0.1) is 0 Å². The molecule has 0 fully saturated rings. The number of ketones is 3. The summed E-state index contributed by atoms with van der Waals surface area (Å²) in [4.78, 5) is 41.0. The van der Waals surface area contributed by atoms with Gasteiger partial charge in [0.25, 0.3) is 0 Å². The second-order valence-corrected chi connectivity index (χ2v) is 13.7. The number of rotatable bonds is 10. The minimum Gasteiger partial charge on any atom is -0.341 e. The highest BCUT2D eigenvalue weighted by atomic mass is 16.1. The fraction of sp³-hybridized carbons (Fsp3) is 0.170. The van der Waals surface area contributed by atoms with Crippen LogP contribution in [0.4, 0.5) is 0 Å². The van der Waals surface area contributed by atoms with Crippen molar-refractivity contribution in [3.05, 3.63) is 167 Å². The molecule has 0 radical (unpaired) electrons. The molecular weight excluding hydrogens is 641 g/mol. The van der Waals surface area contributed by atoms with Gasteiger partial charge in [-0.3, -0.25) is 14.4 Å². The molecule has 2 heterocycles. The van der Waals surface area contributed by atoms with E-state index >= 15 is 0 Å². The summed E-state index contributed by atoms with van der Waals surface area (Å²) in [6.45, 7) is 9.81. The molecule has 2 atom stereocenters. The Bertz CT molecular complexity index is 2500. The van der Waals surface area contributed by atoms with Gasteiger partial charge in [-0.1, -0.05) is 86.6 Å². The molecule has 0 aliphatic rings. The van der Waals surface area contributed by atoms with E-state index in [1.54, 1.807) is 0 Å². The molecule has 0 saturated carbocycles. The number of hydrogen-bond donors (Lipinski definition) is 0. The molecule has 52 heavy (non-hydrogen) atoms. The summed E-state index contributed by atoms with van der Waals surface area (Å²) in [7, 11) is 0. The molecule has 0 aliphatic heterocycles. The highest BCUT2D eigenvalue weighted by Crippen LogP contribution is 2.37. The third-order valence-corrected chi connectivity index (χ3v) is 10.9. The number of nitrogens with zero attached hydrogens (tertiary/aromatic N) is 2. The number of hydrogen-bond acceptors (Lipinski definition) is 3. The SMILES string of the molecule is CCn1c2ccc(C(=O)c3ccccc3)cc2c2cc(C(C)C(=O)C(C)c3ccc4c(c3)c3cc(C(=O)c5ccccc5)ccc3n4CC)ccc21. The van der Waals surface area contributed by atoms with Crippen molar-refractivity contribution in [2.45, 2.75) is 52.6 Å². The highest BCUT2D eigenvalue weighted by molar-refractivity contribution is 6.16. The Kier molecular flexibility index (Phi) is 8.43. The Morgan fingerprint density at radius 2 is 0.788 bits per heavy atom. The van der Waals surface area contributed by atoms with Crippen LogP contribution in [-0.4, -0.2) is 26.5 Å². The molecule has 2 aromatic heterocycles. The smallest absolute Gasteiger partial charge is 0.193 e. The average molecular weight is 681 g/mol. The van der Waals surface area contributed by atoms with Crippen LogP contribution in [0, 0.1) is 0 Å². The van der Waals surface area contributed by atoms with Crippen LogP contribution >= 0.6 is 0 Å². The zero-order chi connectivity index (χ0) is 36.1. The van der Waals surface area contributed by atoms with Crippen molar-refractivity contribution in [2.75, 3.05) is 0 Å². The first-order valence-corrected chi connectivity index (χ1v) is 18.1. The van der Waals surface area contributed by atoms with Crippen LogP contribution in [0.3, 0.4) is 0 Å². The van der Waals surface area contributed by atoms with Crippen LogP contribution < -0.4 is 0 Å². The van der Waals surface area contributed by atoms with Crippen molar-refractivity contribution in [1.29, 1.82) is 0 Å². The summed E-state index contributed by atoms with van der Waals surface area (Å²) in [5.41, 5.74) is 8.82. The van der Waals surface area contributed by atoms with E-state index in [1.807, 2.05) is 111 Å². The van der Waals surface area contributed by atoms with Gasteiger partial charge >= 0.3 is 0 Å². The van der Waals surface area contributed by atoms with Crippen LogP contribution in [0.1, 0.15) is 82.5 Å². The quantitative estimate of drug-likeness (QED) is 0.135. The summed E-state index contributed by atoms with van der Waals surface area (Å²) in [6.07, 6.45) is 0. The van der Waals surface area contributed by atoms with Gasteiger partial charge in [0.1, 0.15) is 5.78 Å². The van der Waals surface area contributed by atoms with Crippen molar-refractivity contribution in [2.24, 2.45) is 0 Å². The molecule has 0 spiro atoms. The molecule has 0 bridgehead atoms. The van der Waals surface area contributed by atoms with E-state index in [-0.39, 0.29) is 29.2 Å². The van der Waals surface area contributed by atoms with Crippen molar-refractivity contribution in [1.82, 2.24) is 9.13 Å². The number of Topliss-reactive ketones (excluding diaryl/α,β-unsaturated/α-hetero) is 1. The van der Waals surface area contributed by atoms with Gasteiger partial charge in [-0.25, -0.2) is 0 Å². The summed E-state index contributed by atoms with van der Waals surface area (Å²) >= 11 is 0. The predicted molar refractivity (Wildman–Crippen MR) is 212 cm³/mol. The number of carbonyl (C=O) groups excluding carboxylic acids is 3. The normalized spacial score (nSPS) is 12.8. The fourth-order valence-electron chi connectivity index (χ4n) is 7.96.